The molecule has 4 fully saturated rings. The number of urea groups is 4. The molecule has 4 saturated heterocycles. The third-order valence-electron chi connectivity index (χ3n) is 21.2. The normalized spacial score (nSPS) is 19.2. The molecule has 9 aromatic rings. The topological polar surface area (TPSA) is 479 Å². The molecule has 0 radical (unpaired) electrons. The number of hydrogen-bond donors (Lipinski definition) is 11. The van der Waals surface area contributed by atoms with Crippen LogP contribution in [-0.2, 0) is 50.1 Å². The van der Waals surface area contributed by atoms with Crippen LogP contribution in [0.15, 0.2) is 176 Å². The molecule has 0 bridgehead atoms. The number of hydrogen-bond acceptors (Lipinski definition) is 20. The molecule has 18 amide bonds. The molecule has 0 saturated carbocycles. The van der Waals surface area contributed by atoms with E-state index in [0.717, 1.165) is 33.2 Å². The van der Waals surface area contributed by atoms with Gasteiger partial charge in [0, 0.05) is 98.9 Å². The molecule has 634 valence electrons. The fourth-order valence-corrected chi connectivity index (χ4v) is 14.7. The lowest BCUT2D eigenvalue weighted by Gasteiger charge is -2.26. The predicted octanol–water partition coefficient (Wildman–Crippen LogP) is 3.98. The minimum absolute atomic E-state index is 0.0729. The Labute approximate surface area is 717 Å². The van der Waals surface area contributed by atoms with E-state index in [1.165, 1.54) is 66.2 Å². The number of aromatic amines is 1. The number of fused-ring (bicyclic) bond motifs is 5. The molecule has 13 N–H and O–H groups in total. The fourth-order valence-electron chi connectivity index (χ4n) is 14.7. The van der Waals surface area contributed by atoms with Gasteiger partial charge in [-0.25, -0.2) is 24.0 Å². The van der Waals surface area contributed by atoms with Crippen LogP contribution in [0.1, 0.15) is 124 Å². The fraction of sp³-hybridized carbons (Fsp3) is 0.198. The van der Waals surface area contributed by atoms with Gasteiger partial charge in [0.1, 0.15) is 23.0 Å². The molecular formula is C91H75N15O20. The number of rotatable bonds is 16. The standard InChI is InChI=1S/C24H21N3O6.C23H18N4O4.2C22H18N4O5/c1-3-33-21(29)16-6-4-15(5-7-16)10-11-24(22(30)25-23(31)26-24)14-27-13-17-8-9-18(32-2)12-19(17)20(27)28;1-31-16-6-5-15-12-27(20(28)18(15)11-16)13-23(21(29)25-22(30)26-23)9-7-14-3-2-4-19-17(14)8-10-24-19;1-31-16-7-6-15-11-26(19(28)17(15)10-16)12-22(20(29)24-21(30)25-22)9-8-13-2-4-14(5-3-13)18(23)27;1-31-16-6-5-15-11-26(19(28)17(15)10-16)12-22(20(29)24-21(30)25-22)8-7-13-3-2-4-14(9-13)18(23)27/h4-9,12H,3,13-14H2,1-2H3,(H2,25,26,30,31);2-6,8,10-11,24H,12-13H2,1H3,(H2,25,26,29,30);2-7,10H,11-12H2,1H3,(H2,23,27)(H2,24,25,29,30);2-6,9-10H,11-12H2,1H3,(H2,23,27)(H2,24,25,29,30)/t24-;23-;2*22-/m1111/s1. The van der Waals surface area contributed by atoms with Crippen LogP contribution in [-0.4, -0.2) is 197 Å². The number of primary amides is 2. The molecule has 0 spiro atoms. The number of imide groups is 4. The Morgan fingerprint density at radius 2 is 0.706 bits per heavy atom. The lowest BCUT2D eigenvalue weighted by atomic mass is 9.98. The maximum absolute atomic E-state index is 13.0. The van der Waals surface area contributed by atoms with Crippen LogP contribution >= 0.6 is 0 Å². The summed E-state index contributed by atoms with van der Waals surface area (Å²) in [7, 11) is 6.07. The lowest BCUT2D eigenvalue weighted by Crippen LogP contribution is -2.54. The van der Waals surface area contributed by atoms with E-state index in [1.54, 1.807) is 128 Å². The molecule has 1 aromatic heterocycles. The Bertz CT molecular complexity index is 6440. The number of aromatic nitrogens is 1. The summed E-state index contributed by atoms with van der Waals surface area (Å²) >= 11 is 0. The average molecular weight is 1700 g/mol. The molecule has 8 aliphatic rings. The number of esters is 1. The lowest BCUT2D eigenvalue weighted by molar-refractivity contribution is -0.123. The number of amides is 18. The minimum atomic E-state index is -1.64. The smallest absolute Gasteiger partial charge is 0.338 e. The zero-order chi connectivity index (χ0) is 89.5. The van der Waals surface area contributed by atoms with Crippen LogP contribution in [0.3, 0.4) is 0 Å². The van der Waals surface area contributed by atoms with E-state index in [9.17, 15) is 71.9 Å². The number of benzene rings is 8. The van der Waals surface area contributed by atoms with Crippen LogP contribution in [0, 0.1) is 47.4 Å². The summed E-state index contributed by atoms with van der Waals surface area (Å²) in [5.41, 5.74) is 13.3. The van der Waals surface area contributed by atoms with Gasteiger partial charge in [-0.05, 0) is 163 Å². The van der Waals surface area contributed by atoms with Gasteiger partial charge in [0.05, 0.1) is 66.8 Å². The third kappa shape index (κ3) is 17.7. The number of carbonyl (C=O) groups is 15. The number of nitrogens with one attached hydrogen (secondary N) is 9. The highest BCUT2D eigenvalue weighted by molar-refractivity contribution is 6.13. The summed E-state index contributed by atoms with van der Waals surface area (Å²) in [6.45, 7) is 2.64. The molecule has 0 unspecified atom stereocenters. The summed E-state index contributed by atoms with van der Waals surface area (Å²) < 4.78 is 25.7. The first-order valence-corrected chi connectivity index (χ1v) is 38.6. The van der Waals surface area contributed by atoms with Gasteiger partial charge < -0.3 is 81.0 Å². The van der Waals surface area contributed by atoms with Gasteiger partial charge in [0.2, 0.25) is 34.0 Å². The van der Waals surface area contributed by atoms with Crippen molar-refractivity contribution in [2.75, 3.05) is 61.2 Å². The van der Waals surface area contributed by atoms with Crippen molar-refractivity contribution >= 4 is 100 Å². The van der Waals surface area contributed by atoms with Gasteiger partial charge in [-0.3, -0.25) is 69.2 Å². The van der Waals surface area contributed by atoms with Gasteiger partial charge in [-0.2, -0.15) is 0 Å². The van der Waals surface area contributed by atoms with Gasteiger partial charge >= 0.3 is 30.1 Å². The summed E-state index contributed by atoms with van der Waals surface area (Å²) in [6, 6.07) is 44.5. The molecule has 4 atom stereocenters. The molecular weight excluding hydrogens is 1620 g/mol. The molecule has 126 heavy (non-hydrogen) atoms. The van der Waals surface area contributed by atoms with Crippen LogP contribution in [0.2, 0.25) is 0 Å². The van der Waals surface area contributed by atoms with E-state index in [1.807, 2.05) is 36.5 Å². The quantitative estimate of drug-likeness (QED) is 0.0370. The summed E-state index contributed by atoms with van der Waals surface area (Å²) in [4.78, 5) is 194. The summed E-state index contributed by atoms with van der Waals surface area (Å²) in [5, 5.41) is 20.0. The van der Waals surface area contributed by atoms with Gasteiger partial charge in [-0.15, -0.1) is 0 Å². The van der Waals surface area contributed by atoms with Crippen LogP contribution in [0.4, 0.5) is 19.2 Å². The van der Waals surface area contributed by atoms with Crippen molar-refractivity contribution < 1.29 is 95.6 Å². The van der Waals surface area contributed by atoms with Crippen molar-refractivity contribution in [3.8, 4) is 70.4 Å². The minimum Gasteiger partial charge on any atom is -0.497 e. The van der Waals surface area contributed by atoms with Crippen molar-refractivity contribution in [1.29, 1.82) is 0 Å². The Kier molecular flexibility index (Phi) is 23.8. The largest absolute Gasteiger partial charge is 0.497 e. The number of ether oxygens (including phenoxy) is 5. The maximum Gasteiger partial charge on any atom is 0.338 e. The van der Waals surface area contributed by atoms with E-state index in [2.05, 4.69) is 94.9 Å². The third-order valence-corrected chi connectivity index (χ3v) is 21.2. The van der Waals surface area contributed by atoms with Crippen molar-refractivity contribution in [1.82, 2.24) is 67.1 Å². The van der Waals surface area contributed by atoms with E-state index in [0.29, 0.717) is 85.2 Å². The van der Waals surface area contributed by atoms with Gasteiger partial charge in [-0.1, -0.05) is 83.8 Å². The van der Waals surface area contributed by atoms with E-state index in [4.69, 9.17) is 35.2 Å². The molecule has 8 aliphatic heterocycles. The first kappa shape index (κ1) is 85.2. The summed E-state index contributed by atoms with van der Waals surface area (Å²) in [6.07, 6.45) is 1.81. The second-order valence-corrected chi connectivity index (χ2v) is 29.4. The highest BCUT2D eigenvalue weighted by atomic mass is 16.5. The second kappa shape index (κ2) is 35.2. The predicted molar refractivity (Wildman–Crippen MR) is 447 cm³/mol. The molecule has 35 heteroatoms. The Morgan fingerprint density at radius 1 is 0.373 bits per heavy atom. The van der Waals surface area contributed by atoms with Crippen molar-refractivity contribution in [3.63, 3.8) is 0 Å². The number of nitrogens with zero attached hydrogens (tertiary/aromatic N) is 4. The Morgan fingerprint density at radius 3 is 1.03 bits per heavy atom. The van der Waals surface area contributed by atoms with Crippen LogP contribution < -0.4 is 72.9 Å². The number of methoxy groups -OCH3 is 4. The molecule has 9 heterocycles. The number of carbonyl (C=O) groups excluding carboxylic acids is 15. The second-order valence-electron chi connectivity index (χ2n) is 29.4. The highest BCUT2D eigenvalue weighted by Crippen LogP contribution is 2.34. The van der Waals surface area contributed by atoms with Crippen molar-refractivity contribution in [2.24, 2.45) is 11.5 Å². The van der Waals surface area contributed by atoms with Crippen LogP contribution in [0.25, 0.3) is 10.9 Å². The zero-order valence-corrected chi connectivity index (χ0v) is 67.7. The molecule has 35 nitrogen and oxygen atoms in total. The molecule has 0 aliphatic carbocycles. The summed E-state index contributed by atoms with van der Waals surface area (Å²) in [5.74, 6) is 19.9. The monoisotopic (exact) mass is 1700 g/mol. The highest BCUT2D eigenvalue weighted by Gasteiger charge is 2.53. The van der Waals surface area contributed by atoms with E-state index in [-0.39, 0.29) is 81.6 Å². The van der Waals surface area contributed by atoms with E-state index < -0.39 is 87.7 Å². The van der Waals surface area contributed by atoms with Crippen molar-refractivity contribution in [3.05, 3.63) is 260 Å². The molecule has 17 rings (SSSR count). The number of H-pyrrole nitrogens is 1. The van der Waals surface area contributed by atoms with Crippen molar-refractivity contribution in [2.45, 2.75) is 55.3 Å². The Hall–Kier alpha value is -17.2. The SMILES string of the molecule is CCOC(=O)c1ccc(C#C[C@]2(CN3Cc4ccc(OC)cc4C3=O)NC(=O)NC2=O)cc1.COc1ccc2c(c1)C(=O)N(C[C@@]1(C#Cc3ccc(C(N)=O)cc3)NC(=O)NC1=O)C2.COc1ccc2c(c1)C(=O)N(C[C@@]1(C#Cc3cccc(C(N)=O)c3)NC(=O)NC1=O)C2.COc1ccc2c(c1)C(=O)N(C[C@@]1(C#Cc3cccc4[nH]ccc34)NC(=O)NC1=O)C2. The Balaban J connectivity index is 0.000000136. The first-order chi connectivity index (χ1) is 60.5. The van der Waals surface area contributed by atoms with Gasteiger partial charge in [0.25, 0.3) is 47.3 Å². The average Bonchev–Trinajstić information content (AvgIpc) is 1.63. The van der Waals surface area contributed by atoms with Gasteiger partial charge in [0.15, 0.2) is 0 Å². The van der Waals surface area contributed by atoms with Crippen LogP contribution in [0.5, 0.6) is 23.0 Å². The molecule has 8 aromatic carbocycles. The number of nitrogens with two attached hydrogens (primary N) is 2. The zero-order valence-electron chi connectivity index (χ0n) is 67.7. The van der Waals surface area contributed by atoms with E-state index >= 15 is 0 Å². The maximum atomic E-state index is 13.0. The first-order valence-electron chi connectivity index (χ1n) is 38.6.